The number of nitrogens with zero attached hydrogens (tertiary/aromatic N) is 1. The van der Waals surface area contributed by atoms with Crippen LogP contribution in [-0.4, -0.2) is 10.5 Å². The highest BCUT2D eigenvalue weighted by atomic mass is 16.5. The van der Waals surface area contributed by atoms with Gasteiger partial charge in [0, 0.05) is 31.4 Å². The molecule has 1 heterocycles. The first-order chi connectivity index (χ1) is 12.6. The van der Waals surface area contributed by atoms with Crippen molar-refractivity contribution in [3.63, 3.8) is 0 Å². The number of hydrogen-bond acceptors (Lipinski definition) is 3. The van der Waals surface area contributed by atoms with Gasteiger partial charge in [0.2, 0.25) is 0 Å². The topological polar surface area (TPSA) is 60.3 Å². The molecule has 0 saturated heterocycles. The molecule has 0 aliphatic rings. The number of hydrogen-bond donors (Lipinski definition) is 1. The highest BCUT2D eigenvalue weighted by Gasteiger charge is 2.06. The van der Waals surface area contributed by atoms with Gasteiger partial charge in [-0.1, -0.05) is 42.5 Å². The van der Waals surface area contributed by atoms with E-state index in [-0.39, 0.29) is 11.5 Å². The van der Waals surface area contributed by atoms with Crippen molar-refractivity contribution in [2.45, 2.75) is 13.2 Å². The standard InChI is InChI=1S/C21H20N2O3/c1-23-12-11-18(13-20(23)24)21(25)22-14-16-7-9-19(10-8-16)26-15-17-5-3-2-4-6-17/h2-13H,14-15H2,1H3,(H,22,25). The maximum absolute atomic E-state index is 12.1. The molecule has 0 saturated carbocycles. The number of rotatable bonds is 6. The van der Waals surface area contributed by atoms with Crippen LogP contribution >= 0.6 is 0 Å². The Labute approximate surface area is 151 Å². The molecule has 0 aliphatic carbocycles. The van der Waals surface area contributed by atoms with Gasteiger partial charge in [0.25, 0.3) is 11.5 Å². The normalized spacial score (nSPS) is 10.3. The Balaban J connectivity index is 1.53. The SMILES string of the molecule is Cn1ccc(C(=O)NCc2ccc(OCc3ccccc3)cc2)cc1=O. The lowest BCUT2D eigenvalue weighted by Gasteiger charge is -2.09. The zero-order valence-electron chi connectivity index (χ0n) is 14.5. The number of ether oxygens (including phenoxy) is 1. The van der Waals surface area contributed by atoms with E-state index in [2.05, 4.69) is 5.32 Å². The van der Waals surface area contributed by atoms with E-state index in [0.29, 0.717) is 18.7 Å². The Bertz CT molecular complexity index is 931. The second-order valence-corrected chi connectivity index (χ2v) is 5.97. The third-order valence-electron chi connectivity index (χ3n) is 3.99. The minimum Gasteiger partial charge on any atom is -0.489 e. The van der Waals surface area contributed by atoms with Crippen LogP contribution in [0, 0.1) is 0 Å². The van der Waals surface area contributed by atoms with E-state index in [1.54, 1.807) is 19.3 Å². The summed E-state index contributed by atoms with van der Waals surface area (Å²) in [5.74, 6) is 0.502. The van der Waals surface area contributed by atoms with Gasteiger partial charge < -0.3 is 14.6 Å². The number of aryl methyl sites for hydroxylation is 1. The van der Waals surface area contributed by atoms with Crippen molar-refractivity contribution in [3.05, 3.63) is 100.0 Å². The largest absolute Gasteiger partial charge is 0.489 e. The lowest BCUT2D eigenvalue weighted by molar-refractivity contribution is 0.0950. The van der Waals surface area contributed by atoms with Crippen molar-refractivity contribution in [2.75, 3.05) is 0 Å². The average molecular weight is 348 g/mol. The highest BCUT2D eigenvalue weighted by molar-refractivity contribution is 5.93. The average Bonchev–Trinajstić information content (AvgIpc) is 2.68. The van der Waals surface area contributed by atoms with Gasteiger partial charge in [-0.25, -0.2) is 0 Å². The van der Waals surface area contributed by atoms with Gasteiger partial charge in [0.1, 0.15) is 12.4 Å². The van der Waals surface area contributed by atoms with Gasteiger partial charge in [-0.3, -0.25) is 9.59 Å². The molecule has 2 aromatic carbocycles. The van der Waals surface area contributed by atoms with Crippen LogP contribution < -0.4 is 15.6 Å². The first-order valence-electron chi connectivity index (χ1n) is 8.32. The Morgan fingerprint density at radius 1 is 1.00 bits per heavy atom. The molecule has 1 N–H and O–H groups in total. The second kappa shape index (κ2) is 8.16. The molecule has 0 spiro atoms. The molecule has 0 unspecified atom stereocenters. The third-order valence-corrected chi connectivity index (χ3v) is 3.99. The summed E-state index contributed by atoms with van der Waals surface area (Å²) in [4.78, 5) is 23.7. The summed E-state index contributed by atoms with van der Waals surface area (Å²) in [5.41, 5.74) is 2.21. The molecule has 1 amide bonds. The number of amides is 1. The monoisotopic (exact) mass is 348 g/mol. The molecular formula is C21H20N2O3. The third kappa shape index (κ3) is 4.60. The Morgan fingerprint density at radius 3 is 2.42 bits per heavy atom. The lowest BCUT2D eigenvalue weighted by Crippen LogP contribution is -2.25. The van der Waals surface area contributed by atoms with Crippen LogP contribution in [0.3, 0.4) is 0 Å². The van der Waals surface area contributed by atoms with Crippen molar-refractivity contribution >= 4 is 5.91 Å². The molecule has 5 nitrogen and oxygen atoms in total. The van der Waals surface area contributed by atoms with Crippen molar-refractivity contribution in [1.82, 2.24) is 9.88 Å². The molecule has 5 heteroatoms. The van der Waals surface area contributed by atoms with E-state index in [0.717, 1.165) is 16.9 Å². The number of aromatic nitrogens is 1. The molecular weight excluding hydrogens is 328 g/mol. The molecule has 0 fully saturated rings. The summed E-state index contributed by atoms with van der Waals surface area (Å²) in [6, 6.07) is 20.5. The van der Waals surface area contributed by atoms with Crippen LogP contribution in [0.4, 0.5) is 0 Å². The fraction of sp³-hybridized carbons (Fsp3) is 0.143. The first-order valence-corrected chi connectivity index (χ1v) is 8.32. The van der Waals surface area contributed by atoms with Gasteiger partial charge in [-0.2, -0.15) is 0 Å². The fourth-order valence-corrected chi connectivity index (χ4v) is 2.42. The number of benzene rings is 2. The van der Waals surface area contributed by atoms with Crippen LogP contribution in [0.25, 0.3) is 0 Å². The predicted molar refractivity (Wildman–Crippen MR) is 100 cm³/mol. The molecule has 26 heavy (non-hydrogen) atoms. The van der Waals surface area contributed by atoms with Gasteiger partial charge in [-0.15, -0.1) is 0 Å². The Morgan fingerprint density at radius 2 is 1.73 bits per heavy atom. The maximum atomic E-state index is 12.1. The molecule has 3 rings (SSSR count). The molecule has 0 radical (unpaired) electrons. The fourth-order valence-electron chi connectivity index (χ4n) is 2.42. The second-order valence-electron chi connectivity index (χ2n) is 5.97. The molecule has 0 bridgehead atoms. The van der Waals surface area contributed by atoms with Crippen molar-refractivity contribution in [3.8, 4) is 5.75 Å². The lowest BCUT2D eigenvalue weighted by atomic mass is 10.2. The molecule has 0 aliphatic heterocycles. The van der Waals surface area contributed by atoms with E-state index < -0.39 is 0 Å². The van der Waals surface area contributed by atoms with Gasteiger partial charge in [0.05, 0.1) is 0 Å². The van der Waals surface area contributed by atoms with Gasteiger partial charge in [0.15, 0.2) is 0 Å². The van der Waals surface area contributed by atoms with Gasteiger partial charge >= 0.3 is 0 Å². The Hall–Kier alpha value is -3.34. The number of nitrogens with one attached hydrogen (secondary N) is 1. The maximum Gasteiger partial charge on any atom is 0.251 e. The van der Waals surface area contributed by atoms with Crippen LogP contribution in [0.15, 0.2) is 77.7 Å². The molecule has 3 aromatic rings. The predicted octanol–water partition coefficient (Wildman–Crippen LogP) is 2.89. The van der Waals surface area contributed by atoms with Crippen LogP contribution in [0.2, 0.25) is 0 Å². The smallest absolute Gasteiger partial charge is 0.251 e. The molecule has 132 valence electrons. The van der Waals surface area contributed by atoms with Crippen LogP contribution in [0.1, 0.15) is 21.5 Å². The van der Waals surface area contributed by atoms with E-state index in [4.69, 9.17) is 4.74 Å². The number of pyridine rings is 1. The van der Waals surface area contributed by atoms with Crippen molar-refractivity contribution in [2.24, 2.45) is 7.05 Å². The summed E-state index contributed by atoms with van der Waals surface area (Å²) in [6.45, 7) is 0.896. The zero-order valence-corrected chi connectivity index (χ0v) is 14.5. The summed E-state index contributed by atoms with van der Waals surface area (Å²) in [6.07, 6.45) is 1.58. The van der Waals surface area contributed by atoms with E-state index in [1.165, 1.54) is 10.6 Å². The summed E-state index contributed by atoms with van der Waals surface area (Å²) in [7, 11) is 1.64. The summed E-state index contributed by atoms with van der Waals surface area (Å²) >= 11 is 0. The van der Waals surface area contributed by atoms with Crippen molar-refractivity contribution < 1.29 is 9.53 Å². The van der Waals surface area contributed by atoms with Crippen molar-refractivity contribution in [1.29, 1.82) is 0 Å². The number of carbonyl (C=O) groups is 1. The van der Waals surface area contributed by atoms with E-state index in [1.807, 2.05) is 54.6 Å². The summed E-state index contributed by atoms with van der Waals surface area (Å²) in [5, 5.41) is 2.81. The summed E-state index contributed by atoms with van der Waals surface area (Å²) < 4.78 is 7.16. The van der Waals surface area contributed by atoms with E-state index in [9.17, 15) is 9.59 Å². The number of carbonyl (C=O) groups excluding carboxylic acids is 1. The molecule has 1 aromatic heterocycles. The van der Waals surface area contributed by atoms with Crippen LogP contribution in [-0.2, 0) is 20.2 Å². The van der Waals surface area contributed by atoms with Crippen LogP contribution in [0.5, 0.6) is 5.75 Å². The minimum atomic E-state index is -0.271. The minimum absolute atomic E-state index is 0.211. The quantitative estimate of drug-likeness (QED) is 0.745. The first kappa shape index (κ1) is 17.5. The molecule has 0 atom stereocenters. The Kier molecular flexibility index (Phi) is 5.49. The van der Waals surface area contributed by atoms with Gasteiger partial charge in [-0.05, 0) is 29.3 Å². The highest BCUT2D eigenvalue weighted by Crippen LogP contribution is 2.14. The van der Waals surface area contributed by atoms with E-state index >= 15 is 0 Å². The zero-order chi connectivity index (χ0) is 18.4.